The van der Waals surface area contributed by atoms with Crippen LogP contribution in [0.5, 0.6) is 0 Å². The predicted molar refractivity (Wildman–Crippen MR) is 61.2 cm³/mol. The Bertz CT molecular complexity index is 289. The minimum absolute atomic E-state index is 0.367. The van der Waals surface area contributed by atoms with Crippen LogP contribution in [0.25, 0.3) is 0 Å². The Morgan fingerprint density at radius 3 is 2.71 bits per heavy atom. The molecule has 3 N–H and O–H groups in total. The number of aromatic nitrogens is 1. The van der Waals surface area contributed by atoms with Crippen LogP contribution in [-0.2, 0) is 0 Å². The first-order chi connectivity index (χ1) is 6.47. The number of nitrogens with one attached hydrogen (secondary N) is 1. The third-order valence-corrected chi connectivity index (χ3v) is 1.99. The van der Waals surface area contributed by atoms with Gasteiger partial charge in [0.15, 0.2) is 0 Å². The van der Waals surface area contributed by atoms with Crippen molar-refractivity contribution in [3.05, 3.63) is 18.3 Å². The van der Waals surface area contributed by atoms with Crippen LogP contribution in [0.2, 0.25) is 0 Å². The molecule has 78 valence electrons. The predicted octanol–water partition coefficient (Wildman–Crippen LogP) is 2.51. The van der Waals surface area contributed by atoms with E-state index in [-0.39, 0.29) is 0 Å². The maximum atomic E-state index is 5.57. The molecule has 1 rings (SSSR count). The van der Waals surface area contributed by atoms with Gasteiger partial charge in [-0.3, -0.25) is 0 Å². The van der Waals surface area contributed by atoms with Crippen LogP contribution >= 0.6 is 0 Å². The van der Waals surface area contributed by atoms with E-state index in [1.807, 2.05) is 12.1 Å². The summed E-state index contributed by atoms with van der Waals surface area (Å²) in [5.74, 6) is 0.561. The zero-order valence-corrected chi connectivity index (χ0v) is 9.17. The molecule has 3 nitrogen and oxygen atoms in total. The zero-order chi connectivity index (χ0) is 10.6. The smallest absolute Gasteiger partial charge is 0.125 e. The highest BCUT2D eigenvalue weighted by atomic mass is 14.9. The zero-order valence-electron chi connectivity index (χ0n) is 9.17. The van der Waals surface area contributed by atoms with Crippen molar-refractivity contribution in [2.75, 3.05) is 17.6 Å². The van der Waals surface area contributed by atoms with Crippen molar-refractivity contribution in [2.45, 2.75) is 27.2 Å². The van der Waals surface area contributed by atoms with E-state index >= 15 is 0 Å². The van der Waals surface area contributed by atoms with Crippen LogP contribution in [0.3, 0.4) is 0 Å². The van der Waals surface area contributed by atoms with Crippen molar-refractivity contribution in [3.8, 4) is 0 Å². The van der Waals surface area contributed by atoms with E-state index in [0.717, 1.165) is 18.7 Å². The van der Waals surface area contributed by atoms with Crippen LogP contribution in [0.15, 0.2) is 18.3 Å². The lowest BCUT2D eigenvalue weighted by molar-refractivity contribution is 0.390. The van der Waals surface area contributed by atoms with Crippen LogP contribution < -0.4 is 11.1 Å². The highest BCUT2D eigenvalue weighted by Gasteiger charge is 2.08. The Balaban J connectivity index is 2.39. The largest absolute Gasteiger partial charge is 0.385 e. The molecule has 0 radical (unpaired) electrons. The second-order valence-electron chi connectivity index (χ2n) is 4.71. The van der Waals surface area contributed by atoms with E-state index in [4.69, 9.17) is 5.73 Å². The molecular formula is C11H19N3. The molecule has 1 aromatic heterocycles. The van der Waals surface area contributed by atoms with Gasteiger partial charge in [0, 0.05) is 24.5 Å². The highest BCUT2D eigenvalue weighted by Crippen LogP contribution is 2.18. The fourth-order valence-corrected chi connectivity index (χ4v) is 1.14. The Hall–Kier alpha value is -1.25. The third-order valence-electron chi connectivity index (χ3n) is 1.99. The van der Waals surface area contributed by atoms with Gasteiger partial charge in [-0.1, -0.05) is 20.8 Å². The second kappa shape index (κ2) is 4.31. The van der Waals surface area contributed by atoms with Gasteiger partial charge in [-0.15, -0.1) is 0 Å². The normalized spacial score (nSPS) is 11.4. The van der Waals surface area contributed by atoms with Crippen molar-refractivity contribution in [1.29, 1.82) is 0 Å². The summed E-state index contributed by atoms with van der Waals surface area (Å²) in [5.41, 5.74) is 6.97. The molecule has 0 aliphatic heterocycles. The summed E-state index contributed by atoms with van der Waals surface area (Å²) < 4.78 is 0. The van der Waals surface area contributed by atoms with E-state index < -0.39 is 0 Å². The van der Waals surface area contributed by atoms with Crippen LogP contribution in [0.1, 0.15) is 27.2 Å². The van der Waals surface area contributed by atoms with Gasteiger partial charge in [-0.25, -0.2) is 4.98 Å². The van der Waals surface area contributed by atoms with Gasteiger partial charge in [0.2, 0.25) is 0 Å². The lowest BCUT2D eigenvalue weighted by Gasteiger charge is -2.18. The van der Waals surface area contributed by atoms with Crippen molar-refractivity contribution < 1.29 is 0 Å². The molecule has 0 saturated carbocycles. The summed E-state index contributed by atoms with van der Waals surface area (Å²) in [7, 11) is 0. The van der Waals surface area contributed by atoms with Gasteiger partial charge < -0.3 is 11.1 Å². The lowest BCUT2D eigenvalue weighted by Crippen LogP contribution is -2.12. The monoisotopic (exact) mass is 193 g/mol. The lowest BCUT2D eigenvalue weighted by atomic mass is 9.92. The maximum absolute atomic E-state index is 5.57. The average Bonchev–Trinajstić information content (AvgIpc) is 2.01. The Kier molecular flexibility index (Phi) is 3.33. The molecule has 1 heterocycles. The Morgan fingerprint density at radius 1 is 1.43 bits per heavy atom. The van der Waals surface area contributed by atoms with Crippen LogP contribution in [0.4, 0.5) is 11.5 Å². The molecule has 0 aliphatic rings. The van der Waals surface area contributed by atoms with Crippen molar-refractivity contribution in [3.63, 3.8) is 0 Å². The fraction of sp³-hybridized carbons (Fsp3) is 0.545. The molecule has 0 saturated heterocycles. The van der Waals surface area contributed by atoms with Crippen molar-refractivity contribution in [2.24, 2.45) is 5.41 Å². The number of hydrogen-bond acceptors (Lipinski definition) is 3. The van der Waals surface area contributed by atoms with E-state index in [0.29, 0.717) is 11.2 Å². The quantitative estimate of drug-likeness (QED) is 0.775. The average molecular weight is 193 g/mol. The van der Waals surface area contributed by atoms with Gasteiger partial charge in [0.05, 0.1) is 0 Å². The number of nitrogen functional groups attached to an aromatic ring is 1. The number of rotatable bonds is 3. The minimum atomic E-state index is 0.367. The van der Waals surface area contributed by atoms with Crippen molar-refractivity contribution >= 4 is 11.5 Å². The first kappa shape index (κ1) is 10.8. The van der Waals surface area contributed by atoms with Gasteiger partial charge in [0.1, 0.15) is 5.82 Å². The molecule has 3 heteroatoms. The second-order valence-corrected chi connectivity index (χ2v) is 4.71. The summed E-state index contributed by atoms with van der Waals surface area (Å²) in [6.45, 7) is 7.66. The molecule has 0 atom stereocenters. The van der Waals surface area contributed by atoms with Gasteiger partial charge in [-0.2, -0.15) is 0 Å². The molecule has 0 aromatic carbocycles. The Labute approximate surface area is 85.7 Å². The molecule has 0 bridgehead atoms. The first-order valence-corrected chi connectivity index (χ1v) is 4.93. The molecular weight excluding hydrogens is 174 g/mol. The maximum Gasteiger partial charge on any atom is 0.125 e. The SMILES string of the molecule is CC(C)(C)CCNc1ccnc(N)c1. The van der Waals surface area contributed by atoms with E-state index in [9.17, 15) is 0 Å². The summed E-state index contributed by atoms with van der Waals surface area (Å²) in [6.07, 6.45) is 2.85. The Morgan fingerprint density at radius 2 is 2.14 bits per heavy atom. The summed E-state index contributed by atoms with van der Waals surface area (Å²) >= 11 is 0. The molecule has 14 heavy (non-hydrogen) atoms. The standard InChI is InChI=1S/C11H19N3/c1-11(2,3)5-7-13-9-4-6-14-10(12)8-9/h4,6,8H,5,7H2,1-3H3,(H3,12,13,14). The van der Waals surface area contributed by atoms with E-state index in [1.54, 1.807) is 6.20 Å². The van der Waals surface area contributed by atoms with Gasteiger partial charge >= 0.3 is 0 Å². The number of hydrogen-bond donors (Lipinski definition) is 2. The van der Waals surface area contributed by atoms with Crippen LogP contribution in [0, 0.1) is 5.41 Å². The molecule has 1 aromatic rings. The number of pyridine rings is 1. The third kappa shape index (κ3) is 4.12. The molecule has 0 fully saturated rings. The van der Waals surface area contributed by atoms with E-state index in [1.165, 1.54) is 0 Å². The topological polar surface area (TPSA) is 50.9 Å². The molecule has 0 unspecified atom stereocenters. The molecule has 0 spiro atoms. The van der Waals surface area contributed by atoms with Crippen molar-refractivity contribution in [1.82, 2.24) is 4.98 Å². The number of nitrogens with two attached hydrogens (primary N) is 1. The minimum Gasteiger partial charge on any atom is -0.385 e. The van der Waals surface area contributed by atoms with E-state index in [2.05, 4.69) is 31.1 Å². The highest BCUT2D eigenvalue weighted by molar-refractivity contribution is 5.49. The van der Waals surface area contributed by atoms with Gasteiger partial charge in [0.25, 0.3) is 0 Å². The number of anilines is 2. The van der Waals surface area contributed by atoms with Crippen LogP contribution in [-0.4, -0.2) is 11.5 Å². The first-order valence-electron chi connectivity index (χ1n) is 4.93. The summed E-state index contributed by atoms with van der Waals surface area (Å²) in [6, 6.07) is 3.78. The number of nitrogens with zero attached hydrogens (tertiary/aromatic N) is 1. The van der Waals surface area contributed by atoms with Gasteiger partial charge in [-0.05, 0) is 17.9 Å². The fourth-order valence-electron chi connectivity index (χ4n) is 1.14. The molecule has 0 aliphatic carbocycles. The molecule has 0 amide bonds. The summed E-state index contributed by atoms with van der Waals surface area (Å²) in [4.78, 5) is 3.93. The summed E-state index contributed by atoms with van der Waals surface area (Å²) in [5, 5.41) is 3.32.